The predicted molar refractivity (Wildman–Crippen MR) is 53.3 cm³/mol. The molecule has 0 unspecified atom stereocenters. The standard InChI is InChI=1S/C10H10F3N3/c11-6-1-4(2-7(12)9(6)13)5-3-8(5)16-10(14)15/h1-2,5,8H,3H2,(H4,14,15,16)/t5-,8+/m0/s1. The number of nitrogens with two attached hydrogens (primary N) is 2. The molecule has 6 heteroatoms. The van der Waals surface area contributed by atoms with Crippen molar-refractivity contribution in [1.82, 2.24) is 0 Å². The molecule has 0 bridgehead atoms. The van der Waals surface area contributed by atoms with Crippen molar-refractivity contribution in [2.24, 2.45) is 16.5 Å². The Morgan fingerprint density at radius 2 is 1.75 bits per heavy atom. The third-order valence-electron chi connectivity index (χ3n) is 2.51. The van der Waals surface area contributed by atoms with Gasteiger partial charge in [0.05, 0.1) is 6.04 Å². The van der Waals surface area contributed by atoms with Crippen molar-refractivity contribution in [1.29, 1.82) is 0 Å². The summed E-state index contributed by atoms with van der Waals surface area (Å²) in [7, 11) is 0. The lowest BCUT2D eigenvalue weighted by molar-refractivity contribution is 0.445. The molecule has 1 aromatic rings. The van der Waals surface area contributed by atoms with Crippen LogP contribution >= 0.6 is 0 Å². The molecule has 0 amide bonds. The summed E-state index contributed by atoms with van der Waals surface area (Å²) in [6.07, 6.45) is 0.614. The number of aliphatic imine (C=N–C) groups is 1. The van der Waals surface area contributed by atoms with Crippen LogP contribution in [0.15, 0.2) is 17.1 Å². The molecule has 2 atom stereocenters. The molecular weight excluding hydrogens is 219 g/mol. The summed E-state index contributed by atoms with van der Waals surface area (Å²) < 4.78 is 38.5. The van der Waals surface area contributed by atoms with Crippen LogP contribution in [0.4, 0.5) is 13.2 Å². The monoisotopic (exact) mass is 229 g/mol. The van der Waals surface area contributed by atoms with Crippen LogP contribution in [0.25, 0.3) is 0 Å². The second-order valence-electron chi connectivity index (χ2n) is 3.76. The fourth-order valence-corrected chi connectivity index (χ4v) is 1.66. The Balaban J connectivity index is 2.22. The molecule has 86 valence electrons. The van der Waals surface area contributed by atoms with Gasteiger partial charge in [0.1, 0.15) is 0 Å². The molecule has 4 N–H and O–H groups in total. The van der Waals surface area contributed by atoms with Crippen LogP contribution < -0.4 is 11.5 Å². The van der Waals surface area contributed by atoms with Gasteiger partial charge in [0.15, 0.2) is 23.4 Å². The van der Waals surface area contributed by atoms with Gasteiger partial charge in [-0.25, -0.2) is 18.2 Å². The van der Waals surface area contributed by atoms with E-state index in [1.165, 1.54) is 0 Å². The van der Waals surface area contributed by atoms with E-state index in [-0.39, 0.29) is 17.9 Å². The number of halogens is 3. The molecule has 16 heavy (non-hydrogen) atoms. The Morgan fingerprint density at radius 1 is 1.19 bits per heavy atom. The minimum absolute atomic E-state index is 0.0597. The summed E-state index contributed by atoms with van der Waals surface area (Å²) in [6, 6.07) is 1.80. The number of rotatable bonds is 2. The smallest absolute Gasteiger partial charge is 0.194 e. The van der Waals surface area contributed by atoms with Crippen LogP contribution in [0.5, 0.6) is 0 Å². The van der Waals surface area contributed by atoms with Gasteiger partial charge in [-0.15, -0.1) is 0 Å². The Morgan fingerprint density at radius 3 is 2.25 bits per heavy atom. The molecule has 2 rings (SSSR count). The van der Waals surface area contributed by atoms with E-state index in [9.17, 15) is 13.2 Å². The SMILES string of the molecule is NC(N)=N[C@@H]1C[C@H]1c1cc(F)c(F)c(F)c1. The van der Waals surface area contributed by atoms with Gasteiger partial charge in [-0.2, -0.15) is 0 Å². The number of nitrogens with zero attached hydrogens (tertiary/aromatic N) is 1. The first-order valence-electron chi connectivity index (χ1n) is 4.72. The highest BCUT2D eigenvalue weighted by Crippen LogP contribution is 2.43. The molecule has 1 saturated carbocycles. The quantitative estimate of drug-likeness (QED) is 0.455. The van der Waals surface area contributed by atoms with Crippen LogP contribution in [-0.2, 0) is 0 Å². The minimum Gasteiger partial charge on any atom is -0.370 e. The van der Waals surface area contributed by atoms with Gasteiger partial charge in [0.25, 0.3) is 0 Å². The van der Waals surface area contributed by atoms with Crippen molar-refractivity contribution >= 4 is 5.96 Å². The van der Waals surface area contributed by atoms with Crippen LogP contribution in [0, 0.1) is 17.5 Å². The van der Waals surface area contributed by atoms with Crippen molar-refractivity contribution in [3.05, 3.63) is 35.1 Å². The van der Waals surface area contributed by atoms with Gasteiger partial charge >= 0.3 is 0 Å². The van der Waals surface area contributed by atoms with E-state index < -0.39 is 17.5 Å². The molecule has 0 aliphatic heterocycles. The summed E-state index contributed by atoms with van der Waals surface area (Å²) in [5.74, 6) is -4.03. The van der Waals surface area contributed by atoms with E-state index in [1.807, 2.05) is 0 Å². The molecule has 1 aromatic carbocycles. The van der Waals surface area contributed by atoms with Crippen LogP contribution in [-0.4, -0.2) is 12.0 Å². The summed E-state index contributed by atoms with van der Waals surface area (Å²) in [5.41, 5.74) is 10.7. The van der Waals surface area contributed by atoms with E-state index in [4.69, 9.17) is 11.5 Å². The normalized spacial score (nSPS) is 22.9. The lowest BCUT2D eigenvalue weighted by atomic mass is 10.1. The molecule has 0 aromatic heterocycles. The highest BCUT2D eigenvalue weighted by Gasteiger charge is 2.39. The molecule has 1 fully saturated rings. The zero-order valence-corrected chi connectivity index (χ0v) is 8.25. The lowest BCUT2D eigenvalue weighted by Gasteiger charge is -2.01. The number of hydrogen-bond acceptors (Lipinski definition) is 1. The number of hydrogen-bond donors (Lipinski definition) is 2. The van der Waals surface area contributed by atoms with Crippen molar-refractivity contribution < 1.29 is 13.2 Å². The Hall–Kier alpha value is -1.72. The average Bonchev–Trinajstić information content (AvgIpc) is 2.91. The molecular formula is C10H10F3N3. The van der Waals surface area contributed by atoms with Crippen LogP contribution in [0.2, 0.25) is 0 Å². The highest BCUT2D eigenvalue weighted by atomic mass is 19.2. The minimum atomic E-state index is -1.46. The molecule has 1 aliphatic carbocycles. The van der Waals surface area contributed by atoms with Gasteiger partial charge in [-0.05, 0) is 24.1 Å². The van der Waals surface area contributed by atoms with E-state index in [1.54, 1.807) is 0 Å². The molecule has 3 nitrogen and oxygen atoms in total. The zero-order chi connectivity index (χ0) is 11.9. The second kappa shape index (κ2) is 3.70. The summed E-state index contributed by atoms with van der Waals surface area (Å²) >= 11 is 0. The topological polar surface area (TPSA) is 64.4 Å². The molecule has 1 aliphatic rings. The largest absolute Gasteiger partial charge is 0.370 e. The first-order chi connectivity index (χ1) is 7.49. The maximum absolute atomic E-state index is 12.9. The van der Waals surface area contributed by atoms with Crippen molar-refractivity contribution in [3.63, 3.8) is 0 Å². The zero-order valence-electron chi connectivity index (χ0n) is 8.25. The average molecular weight is 229 g/mol. The van der Waals surface area contributed by atoms with Crippen molar-refractivity contribution in [3.8, 4) is 0 Å². The number of benzene rings is 1. The molecule has 0 saturated heterocycles. The van der Waals surface area contributed by atoms with Gasteiger partial charge in [-0.1, -0.05) is 0 Å². The Kier molecular flexibility index (Phi) is 2.49. The molecule has 0 spiro atoms. The Labute approximate surface area is 90.0 Å². The van der Waals surface area contributed by atoms with Gasteiger partial charge < -0.3 is 11.5 Å². The first kappa shape index (κ1) is 10.8. The molecule has 0 heterocycles. The molecule has 0 radical (unpaired) electrons. The summed E-state index contributed by atoms with van der Waals surface area (Å²) in [5, 5.41) is 0. The third kappa shape index (κ3) is 1.95. The number of guanidine groups is 1. The van der Waals surface area contributed by atoms with Crippen molar-refractivity contribution in [2.75, 3.05) is 0 Å². The first-order valence-corrected chi connectivity index (χ1v) is 4.72. The maximum Gasteiger partial charge on any atom is 0.194 e. The van der Waals surface area contributed by atoms with Crippen LogP contribution in [0.3, 0.4) is 0 Å². The van der Waals surface area contributed by atoms with Gasteiger partial charge in [0, 0.05) is 5.92 Å². The maximum atomic E-state index is 12.9. The van der Waals surface area contributed by atoms with E-state index in [0.29, 0.717) is 12.0 Å². The lowest BCUT2D eigenvalue weighted by Crippen LogP contribution is -2.23. The third-order valence-corrected chi connectivity index (χ3v) is 2.51. The van der Waals surface area contributed by atoms with Crippen molar-refractivity contribution in [2.45, 2.75) is 18.4 Å². The predicted octanol–water partition coefficient (Wildman–Crippen LogP) is 1.23. The fourth-order valence-electron chi connectivity index (χ4n) is 1.66. The summed E-state index contributed by atoms with van der Waals surface area (Å²) in [4.78, 5) is 3.86. The summed E-state index contributed by atoms with van der Waals surface area (Å²) in [6.45, 7) is 0. The highest BCUT2D eigenvalue weighted by molar-refractivity contribution is 5.76. The fraction of sp³-hybridized carbons (Fsp3) is 0.300. The van der Waals surface area contributed by atoms with Gasteiger partial charge in [0.2, 0.25) is 0 Å². The van der Waals surface area contributed by atoms with E-state index in [0.717, 1.165) is 12.1 Å². The van der Waals surface area contributed by atoms with Crippen LogP contribution in [0.1, 0.15) is 17.9 Å². The Bertz CT molecular complexity index is 432. The van der Waals surface area contributed by atoms with E-state index >= 15 is 0 Å². The van der Waals surface area contributed by atoms with E-state index in [2.05, 4.69) is 4.99 Å². The second-order valence-corrected chi connectivity index (χ2v) is 3.76. The van der Waals surface area contributed by atoms with Gasteiger partial charge in [-0.3, -0.25) is 0 Å².